The highest BCUT2D eigenvalue weighted by Crippen LogP contribution is 2.41. The van der Waals surface area contributed by atoms with Gasteiger partial charge in [-0.1, -0.05) is 6.08 Å². The number of alkyl halides is 2. The minimum Gasteiger partial charge on any atom is -0.474 e. The van der Waals surface area contributed by atoms with Crippen molar-refractivity contribution in [2.45, 2.75) is 43.0 Å². The van der Waals surface area contributed by atoms with E-state index in [-0.39, 0.29) is 30.8 Å². The number of fused-ring (bicyclic) bond motifs is 3. The number of ether oxygens (including phenoxy) is 1. The van der Waals surface area contributed by atoms with Crippen LogP contribution in [-0.4, -0.2) is 98.4 Å². The molecule has 1 aromatic heterocycles. The van der Waals surface area contributed by atoms with Crippen molar-refractivity contribution in [3.05, 3.63) is 36.1 Å². The lowest BCUT2D eigenvalue weighted by atomic mass is 10.1. The molecule has 3 aliphatic heterocycles. The Labute approximate surface area is 198 Å². The lowest BCUT2D eigenvalue weighted by molar-refractivity contribution is -0.122. The Hall–Kier alpha value is -3.52. The number of hydrogen-bond donors (Lipinski definition) is 5. The molecule has 2 fully saturated rings. The number of amides is 3. The Morgan fingerprint density at radius 1 is 1.34 bits per heavy atom. The predicted octanol–water partition coefficient (Wildman–Crippen LogP) is -0.649. The zero-order chi connectivity index (χ0) is 24.7. The van der Waals surface area contributed by atoms with Crippen molar-refractivity contribution in [3.8, 4) is 5.88 Å². The number of aliphatic hydroxyl groups is 2. The van der Waals surface area contributed by atoms with E-state index in [2.05, 4.69) is 30.8 Å². The SMILES string of the molecule is O=C(NC1CC1(F)F)C1C=CC2=C(N1)N(C(=O)Nc1cnc(OC[C@H](O)CO)cn1)[C@H]1CCN2C1. The zero-order valence-electron chi connectivity index (χ0n) is 18.5. The van der Waals surface area contributed by atoms with Crippen LogP contribution in [0.25, 0.3) is 0 Å². The van der Waals surface area contributed by atoms with E-state index in [1.54, 1.807) is 12.2 Å². The number of rotatable bonds is 7. The van der Waals surface area contributed by atoms with Crippen LogP contribution in [-0.2, 0) is 4.79 Å². The van der Waals surface area contributed by atoms with Crippen molar-refractivity contribution < 1.29 is 33.3 Å². The van der Waals surface area contributed by atoms with E-state index in [4.69, 9.17) is 9.84 Å². The summed E-state index contributed by atoms with van der Waals surface area (Å²) < 4.78 is 31.7. The summed E-state index contributed by atoms with van der Waals surface area (Å²) in [4.78, 5) is 37.5. The monoisotopic (exact) mass is 493 g/mol. The molecule has 14 heteroatoms. The van der Waals surface area contributed by atoms with Crippen LogP contribution in [0.15, 0.2) is 36.1 Å². The molecule has 4 heterocycles. The second kappa shape index (κ2) is 8.92. The van der Waals surface area contributed by atoms with Gasteiger partial charge in [0.2, 0.25) is 11.8 Å². The molecule has 3 amide bonds. The highest BCUT2D eigenvalue weighted by atomic mass is 19.3. The molecule has 2 bridgehead atoms. The number of aliphatic hydroxyl groups excluding tert-OH is 2. The van der Waals surface area contributed by atoms with Gasteiger partial charge in [0, 0.05) is 19.5 Å². The molecule has 0 aromatic carbocycles. The van der Waals surface area contributed by atoms with Gasteiger partial charge in [0.25, 0.3) is 5.92 Å². The molecule has 1 saturated carbocycles. The molecule has 188 valence electrons. The van der Waals surface area contributed by atoms with E-state index in [9.17, 15) is 23.5 Å². The number of nitrogens with one attached hydrogen (secondary N) is 3. The fourth-order valence-electron chi connectivity index (χ4n) is 4.25. The number of halogens is 2. The van der Waals surface area contributed by atoms with Gasteiger partial charge in [0.1, 0.15) is 24.6 Å². The largest absolute Gasteiger partial charge is 0.474 e. The van der Waals surface area contributed by atoms with E-state index in [1.165, 1.54) is 17.3 Å². The number of carbonyl (C=O) groups excluding carboxylic acids is 2. The molecule has 1 aromatic rings. The molecule has 0 spiro atoms. The first-order chi connectivity index (χ1) is 16.7. The molecule has 5 N–H and O–H groups in total. The number of dihydropyridines is 1. The van der Waals surface area contributed by atoms with Crippen LogP contribution in [0.4, 0.5) is 19.4 Å². The van der Waals surface area contributed by atoms with Crippen molar-refractivity contribution in [1.82, 2.24) is 30.4 Å². The molecular formula is C21H25F2N7O5. The van der Waals surface area contributed by atoms with Gasteiger partial charge < -0.3 is 30.5 Å². The molecule has 1 saturated heterocycles. The first kappa shape index (κ1) is 23.2. The van der Waals surface area contributed by atoms with E-state index in [0.717, 1.165) is 12.2 Å². The lowest BCUT2D eigenvalue weighted by Crippen LogP contribution is -2.56. The summed E-state index contributed by atoms with van der Waals surface area (Å²) in [5.41, 5.74) is 0.743. The van der Waals surface area contributed by atoms with Gasteiger partial charge in [0.05, 0.1) is 36.8 Å². The summed E-state index contributed by atoms with van der Waals surface area (Å²) in [5, 5.41) is 26.2. The molecule has 4 aliphatic rings. The van der Waals surface area contributed by atoms with Crippen LogP contribution in [0.3, 0.4) is 0 Å². The average Bonchev–Trinajstić information content (AvgIpc) is 3.23. The quantitative estimate of drug-likeness (QED) is 0.334. The molecule has 4 atom stereocenters. The second-order valence-corrected chi connectivity index (χ2v) is 8.82. The molecule has 12 nitrogen and oxygen atoms in total. The van der Waals surface area contributed by atoms with Crippen LogP contribution in [0.1, 0.15) is 12.8 Å². The van der Waals surface area contributed by atoms with E-state index < -0.39 is 42.7 Å². The number of urea groups is 1. The summed E-state index contributed by atoms with van der Waals surface area (Å²) in [6.07, 6.45) is 5.18. The van der Waals surface area contributed by atoms with Gasteiger partial charge in [-0.25, -0.2) is 23.5 Å². The van der Waals surface area contributed by atoms with E-state index in [0.29, 0.717) is 18.8 Å². The van der Waals surface area contributed by atoms with Crippen LogP contribution >= 0.6 is 0 Å². The maximum Gasteiger partial charge on any atom is 0.329 e. The number of carbonyl (C=O) groups is 2. The minimum absolute atomic E-state index is 0.110. The van der Waals surface area contributed by atoms with Gasteiger partial charge in [0.15, 0.2) is 5.82 Å². The van der Waals surface area contributed by atoms with E-state index >= 15 is 0 Å². The fourth-order valence-corrected chi connectivity index (χ4v) is 4.25. The maximum absolute atomic E-state index is 13.2. The smallest absolute Gasteiger partial charge is 0.329 e. The fraction of sp³-hybridized carbons (Fsp3) is 0.524. The zero-order valence-corrected chi connectivity index (χ0v) is 18.5. The minimum atomic E-state index is -2.87. The summed E-state index contributed by atoms with van der Waals surface area (Å²) >= 11 is 0. The molecule has 5 rings (SSSR count). The van der Waals surface area contributed by atoms with Gasteiger partial charge in [-0.2, -0.15) is 0 Å². The molecule has 2 unspecified atom stereocenters. The standard InChI is InChI=1S/C21H25F2N7O5/c22-21(23)5-15(21)27-19(33)13-1-2-14-18(26-13)30(11-3-4-29(14)8-11)20(34)28-16-6-25-17(7-24-16)35-10-12(32)9-31/h1-2,6-7,11-13,15,26,31-32H,3-5,8-10H2,(H,27,33)(H,24,28,34)/t11-,12+,13?,15?/m0/s1. The Morgan fingerprint density at radius 2 is 2.14 bits per heavy atom. The lowest BCUT2D eigenvalue weighted by Gasteiger charge is -2.40. The van der Waals surface area contributed by atoms with Crippen molar-refractivity contribution in [2.24, 2.45) is 0 Å². The first-order valence-corrected chi connectivity index (χ1v) is 11.2. The summed E-state index contributed by atoms with van der Waals surface area (Å²) in [5.74, 6) is -2.77. The third kappa shape index (κ3) is 4.71. The van der Waals surface area contributed by atoms with Crippen LogP contribution in [0.5, 0.6) is 5.88 Å². The number of nitrogens with zero attached hydrogens (tertiary/aromatic N) is 4. The van der Waals surface area contributed by atoms with Crippen molar-refractivity contribution >= 4 is 17.8 Å². The number of allylic oxidation sites excluding steroid dienone is 1. The maximum atomic E-state index is 13.2. The van der Waals surface area contributed by atoms with Crippen molar-refractivity contribution in [2.75, 3.05) is 31.6 Å². The van der Waals surface area contributed by atoms with Gasteiger partial charge in [-0.3, -0.25) is 15.0 Å². The number of aromatic nitrogens is 2. The molecular weight excluding hydrogens is 468 g/mol. The second-order valence-electron chi connectivity index (χ2n) is 8.82. The average molecular weight is 493 g/mol. The normalized spacial score (nSPS) is 26.6. The van der Waals surface area contributed by atoms with Gasteiger partial charge in [-0.15, -0.1) is 0 Å². The van der Waals surface area contributed by atoms with Crippen molar-refractivity contribution in [3.63, 3.8) is 0 Å². The summed E-state index contributed by atoms with van der Waals surface area (Å²) in [6.45, 7) is 0.740. The third-order valence-corrected chi connectivity index (χ3v) is 6.23. The molecule has 35 heavy (non-hydrogen) atoms. The molecule has 1 aliphatic carbocycles. The Morgan fingerprint density at radius 3 is 2.83 bits per heavy atom. The highest BCUT2D eigenvalue weighted by Gasteiger charge is 2.58. The Balaban J connectivity index is 1.26. The Kier molecular flexibility index (Phi) is 5.92. The summed E-state index contributed by atoms with van der Waals surface area (Å²) in [6, 6.07) is -2.70. The van der Waals surface area contributed by atoms with Gasteiger partial charge in [-0.05, 0) is 12.5 Å². The first-order valence-electron chi connectivity index (χ1n) is 11.2. The highest BCUT2D eigenvalue weighted by molar-refractivity contribution is 5.91. The van der Waals surface area contributed by atoms with Crippen molar-refractivity contribution in [1.29, 1.82) is 0 Å². The van der Waals surface area contributed by atoms with Gasteiger partial charge >= 0.3 is 6.03 Å². The van der Waals surface area contributed by atoms with Crippen LogP contribution < -0.4 is 20.7 Å². The number of hydrogen-bond acceptors (Lipinski definition) is 9. The van der Waals surface area contributed by atoms with Crippen LogP contribution in [0, 0.1) is 0 Å². The van der Waals surface area contributed by atoms with Crippen LogP contribution in [0.2, 0.25) is 0 Å². The topological polar surface area (TPSA) is 152 Å². The molecule has 0 radical (unpaired) electrons. The predicted molar refractivity (Wildman–Crippen MR) is 116 cm³/mol. The Bertz CT molecular complexity index is 1070. The van der Waals surface area contributed by atoms with E-state index in [1.807, 2.05) is 0 Å². The number of anilines is 1. The summed E-state index contributed by atoms with van der Waals surface area (Å²) in [7, 11) is 0. The third-order valence-electron chi connectivity index (χ3n) is 6.23.